The minimum atomic E-state index is -0.338. The highest BCUT2D eigenvalue weighted by Gasteiger charge is 2.24. The van der Waals surface area contributed by atoms with E-state index in [1.165, 1.54) is 12.1 Å². The molecule has 0 radical (unpaired) electrons. The Morgan fingerprint density at radius 1 is 1.17 bits per heavy atom. The Balaban J connectivity index is 1.69. The van der Waals surface area contributed by atoms with Crippen molar-refractivity contribution in [2.24, 2.45) is 0 Å². The molecule has 0 saturated carbocycles. The number of halogens is 1. The molecule has 0 bridgehead atoms. The Kier molecular flexibility index (Phi) is 4.81. The maximum Gasteiger partial charge on any atom is 0.246 e. The van der Waals surface area contributed by atoms with Crippen LogP contribution in [0.15, 0.2) is 46.9 Å². The standard InChI is InChI=1S/C19H20FNO3/c1-13-11-21(12-14(2)23-13)19(22)10-8-15-7-9-18(24-15)16-5-3-4-6-17(16)20/h3-10,13-14H,11-12H2,1-2H3/b10-8+/t13-,14-/m0/s1. The van der Waals surface area contributed by atoms with Crippen molar-refractivity contribution in [1.82, 2.24) is 4.90 Å². The third-order valence-electron chi connectivity index (χ3n) is 3.89. The summed E-state index contributed by atoms with van der Waals surface area (Å²) in [7, 11) is 0. The zero-order valence-electron chi connectivity index (χ0n) is 13.7. The van der Waals surface area contributed by atoms with Gasteiger partial charge in [-0.1, -0.05) is 12.1 Å². The largest absolute Gasteiger partial charge is 0.457 e. The number of furan rings is 1. The lowest BCUT2D eigenvalue weighted by molar-refractivity contribution is -0.137. The van der Waals surface area contributed by atoms with Gasteiger partial charge < -0.3 is 14.1 Å². The summed E-state index contributed by atoms with van der Waals surface area (Å²) in [5.41, 5.74) is 0.402. The average Bonchev–Trinajstić information content (AvgIpc) is 3.01. The molecule has 0 unspecified atom stereocenters. The van der Waals surface area contributed by atoms with Gasteiger partial charge in [0, 0.05) is 19.2 Å². The molecule has 24 heavy (non-hydrogen) atoms. The van der Waals surface area contributed by atoms with Gasteiger partial charge in [-0.25, -0.2) is 4.39 Å². The number of benzene rings is 1. The first-order valence-electron chi connectivity index (χ1n) is 8.00. The Bertz CT molecular complexity index is 743. The average molecular weight is 329 g/mol. The van der Waals surface area contributed by atoms with Crippen LogP contribution in [0.25, 0.3) is 17.4 Å². The maximum absolute atomic E-state index is 13.8. The van der Waals surface area contributed by atoms with Crippen LogP contribution in [0, 0.1) is 5.82 Å². The van der Waals surface area contributed by atoms with Gasteiger partial charge >= 0.3 is 0 Å². The summed E-state index contributed by atoms with van der Waals surface area (Å²) in [6.45, 7) is 5.05. The highest BCUT2D eigenvalue weighted by atomic mass is 19.1. The van der Waals surface area contributed by atoms with Crippen molar-refractivity contribution in [2.45, 2.75) is 26.1 Å². The number of hydrogen-bond donors (Lipinski definition) is 0. The molecule has 1 aromatic carbocycles. The SMILES string of the molecule is C[C@H]1CN(C(=O)/C=C/c2ccc(-c3ccccc3F)o2)C[C@H](C)O1. The Hall–Kier alpha value is -2.40. The van der Waals surface area contributed by atoms with Crippen LogP contribution in [0.3, 0.4) is 0 Å². The van der Waals surface area contributed by atoms with Crippen molar-refractivity contribution >= 4 is 12.0 Å². The summed E-state index contributed by atoms with van der Waals surface area (Å²) in [6.07, 6.45) is 3.15. The van der Waals surface area contributed by atoms with Crippen LogP contribution in [-0.2, 0) is 9.53 Å². The first kappa shape index (κ1) is 16.5. The fourth-order valence-corrected chi connectivity index (χ4v) is 2.86. The quantitative estimate of drug-likeness (QED) is 0.806. The van der Waals surface area contributed by atoms with Gasteiger partial charge in [-0.15, -0.1) is 0 Å². The first-order valence-corrected chi connectivity index (χ1v) is 8.00. The molecular formula is C19H20FNO3. The Morgan fingerprint density at radius 3 is 2.58 bits per heavy atom. The highest BCUT2D eigenvalue weighted by molar-refractivity contribution is 5.91. The lowest BCUT2D eigenvalue weighted by Crippen LogP contribution is -2.47. The van der Waals surface area contributed by atoms with Crippen molar-refractivity contribution in [3.8, 4) is 11.3 Å². The lowest BCUT2D eigenvalue weighted by atomic mass is 10.1. The van der Waals surface area contributed by atoms with E-state index in [4.69, 9.17) is 9.15 Å². The minimum Gasteiger partial charge on any atom is -0.457 e. The van der Waals surface area contributed by atoms with Gasteiger partial charge in [0.15, 0.2) is 0 Å². The minimum absolute atomic E-state index is 0.0300. The van der Waals surface area contributed by atoms with Crippen molar-refractivity contribution in [3.63, 3.8) is 0 Å². The normalized spacial score (nSPS) is 21.4. The molecule has 3 rings (SSSR count). The van der Waals surface area contributed by atoms with Crippen molar-refractivity contribution < 1.29 is 18.3 Å². The van der Waals surface area contributed by atoms with E-state index in [1.807, 2.05) is 13.8 Å². The van der Waals surface area contributed by atoms with E-state index < -0.39 is 0 Å². The maximum atomic E-state index is 13.8. The Morgan fingerprint density at radius 2 is 1.88 bits per heavy atom. The number of hydrogen-bond acceptors (Lipinski definition) is 3. The van der Waals surface area contributed by atoms with Crippen LogP contribution >= 0.6 is 0 Å². The first-order chi connectivity index (χ1) is 11.5. The molecule has 1 amide bonds. The molecule has 2 heterocycles. The summed E-state index contributed by atoms with van der Waals surface area (Å²) in [6, 6.07) is 9.84. The van der Waals surface area contributed by atoms with E-state index in [9.17, 15) is 9.18 Å². The molecule has 0 N–H and O–H groups in total. The molecule has 0 aliphatic carbocycles. The van der Waals surface area contributed by atoms with Gasteiger partial charge in [-0.2, -0.15) is 0 Å². The molecule has 2 aromatic rings. The zero-order chi connectivity index (χ0) is 17.1. The number of carbonyl (C=O) groups excluding carboxylic acids is 1. The second-order valence-electron chi connectivity index (χ2n) is 6.02. The molecule has 1 aliphatic heterocycles. The lowest BCUT2D eigenvalue weighted by Gasteiger charge is -2.34. The molecule has 1 saturated heterocycles. The summed E-state index contributed by atoms with van der Waals surface area (Å²) in [4.78, 5) is 14.0. The van der Waals surface area contributed by atoms with Gasteiger partial charge in [-0.3, -0.25) is 4.79 Å². The van der Waals surface area contributed by atoms with Crippen molar-refractivity contribution in [2.75, 3.05) is 13.1 Å². The highest BCUT2D eigenvalue weighted by Crippen LogP contribution is 2.25. The van der Waals surface area contributed by atoms with Crippen LogP contribution < -0.4 is 0 Å². The van der Waals surface area contributed by atoms with Gasteiger partial charge in [0.05, 0.1) is 17.8 Å². The molecule has 1 fully saturated rings. The van der Waals surface area contributed by atoms with Gasteiger partial charge in [0.1, 0.15) is 17.3 Å². The monoisotopic (exact) mass is 329 g/mol. The van der Waals surface area contributed by atoms with Crippen LogP contribution in [0.1, 0.15) is 19.6 Å². The predicted molar refractivity (Wildman–Crippen MR) is 89.7 cm³/mol. The number of morpholine rings is 1. The number of rotatable bonds is 3. The van der Waals surface area contributed by atoms with Crippen LogP contribution in [0.4, 0.5) is 4.39 Å². The van der Waals surface area contributed by atoms with E-state index in [2.05, 4.69) is 0 Å². The fourth-order valence-electron chi connectivity index (χ4n) is 2.86. The van der Waals surface area contributed by atoms with E-state index in [0.29, 0.717) is 30.2 Å². The third-order valence-corrected chi connectivity index (χ3v) is 3.89. The molecule has 1 aliphatic rings. The second kappa shape index (κ2) is 7.01. The molecule has 0 spiro atoms. The summed E-state index contributed by atoms with van der Waals surface area (Å²) >= 11 is 0. The molecule has 2 atom stereocenters. The van der Waals surface area contributed by atoms with E-state index >= 15 is 0 Å². The molecule has 5 heteroatoms. The number of nitrogens with zero attached hydrogens (tertiary/aromatic N) is 1. The van der Waals surface area contributed by atoms with Crippen molar-refractivity contribution in [1.29, 1.82) is 0 Å². The molecule has 1 aromatic heterocycles. The molecule has 4 nitrogen and oxygen atoms in total. The predicted octanol–water partition coefficient (Wildman–Crippen LogP) is 3.73. The van der Waals surface area contributed by atoms with Crippen LogP contribution in [0.2, 0.25) is 0 Å². The number of amides is 1. The number of carbonyl (C=O) groups is 1. The van der Waals surface area contributed by atoms with Crippen molar-refractivity contribution in [3.05, 3.63) is 54.1 Å². The third kappa shape index (κ3) is 3.74. The molecular weight excluding hydrogens is 309 g/mol. The zero-order valence-corrected chi connectivity index (χ0v) is 13.7. The number of ether oxygens (including phenoxy) is 1. The summed E-state index contributed by atoms with van der Waals surface area (Å²) in [5, 5.41) is 0. The topological polar surface area (TPSA) is 42.7 Å². The smallest absolute Gasteiger partial charge is 0.246 e. The van der Waals surface area contributed by atoms with Gasteiger partial charge in [-0.05, 0) is 44.2 Å². The van der Waals surface area contributed by atoms with Gasteiger partial charge in [0.2, 0.25) is 5.91 Å². The van der Waals surface area contributed by atoms with E-state index in [1.54, 1.807) is 41.3 Å². The van der Waals surface area contributed by atoms with Crippen LogP contribution in [0.5, 0.6) is 0 Å². The summed E-state index contributed by atoms with van der Waals surface area (Å²) in [5.74, 6) is 0.528. The van der Waals surface area contributed by atoms with E-state index in [-0.39, 0.29) is 23.9 Å². The second-order valence-corrected chi connectivity index (χ2v) is 6.02. The Labute approximate surface area is 140 Å². The van der Waals surface area contributed by atoms with Crippen LogP contribution in [-0.4, -0.2) is 36.1 Å². The summed E-state index contributed by atoms with van der Waals surface area (Å²) < 4.78 is 25.0. The fraction of sp³-hybridized carbons (Fsp3) is 0.316. The van der Waals surface area contributed by atoms with Gasteiger partial charge in [0.25, 0.3) is 0 Å². The molecule has 126 valence electrons. The van der Waals surface area contributed by atoms with E-state index in [0.717, 1.165) is 0 Å².